The first-order valence-corrected chi connectivity index (χ1v) is 11.7. The van der Waals surface area contributed by atoms with E-state index in [1.165, 1.54) is 23.5 Å². The van der Waals surface area contributed by atoms with Crippen molar-refractivity contribution in [3.63, 3.8) is 0 Å². The summed E-state index contributed by atoms with van der Waals surface area (Å²) in [4.78, 5) is 10.9. The Morgan fingerprint density at radius 1 is 1.21 bits per heavy atom. The molecule has 0 radical (unpaired) electrons. The van der Waals surface area contributed by atoms with Crippen LogP contribution in [-0.2, 0) is 16.4 Å². The minimum Gasteiger partial charge on any atom is -0.497 e. The third-order valence-corrected chi connectivity index (χ3v) is 6.87. The highest BCUT2D eigenvalue weighted by Crippen LogP contribution is 2.38. The van der Waals surface area contributed by atoms with Gasteiger partial charge >= 0.3 is 0 Å². The topological polar surface area (TPSA) is 124 Å². The van der Waals surface area contributed by atoms with Gasteiger partial charge < -0.3 is 10.1 Å². The maximum atomic E-state index is 11.6. The van der Waals surface area contributed by atoms with Gasteiger partial charge in [-0.15, -0.1) is 10.2 Å². The van der Waals surface area contributed by atoms with Crippen molar-refractivity contribution >= 4 is 43.8 Å². The van der Waals surface area contributed by atoms with E-state index in [1.54, 1.807) is 7.11 Å². The molecule has 3 rings (SSSR count). The summed E-state index contributed by atoms with van der Waals surface area (Å²) in [6, 6.07) is 11.4. The van der Waals surface area contributed by atoms with Gasteiger partial charge in [-0.25, -0.2) is 8.42 Å². The summed E-state index contributed by atoms with van der Waals surface area (Å²) in [5.41, 5.74) is 0.739. The van der Waals surface area contributed by atoms with E-state index in [0.29, 0.717) is 20.9 Å². The van der Waals surface area contributed by atoms with E-state index in [-0.39, 0.29) is 10.6 Å². The number of rotatable bonds is 8. The summed E-state index contributed by atoms with van der Waals surface area (Å²) in [6.45, 7) is 0.534. The fourth-order valence-electron chi connectivity index (χ4n) is 2.29. The molecule has 0 amide bonds. The predicted molar refractivity (Wildman–Crippen MR) is 111 cm³/mol. The van der Waals surface area contributed by atoms with Crippen LogP contribution in [0.3, 0.4) is 0 Å². The number of nitrogens with one attached hydrogen (secondary N) is 1. The molecule has 12 heteroatoms. The monoisotopic (exact) mass is 452 g/mol. The van der Waals surface area contributed by atoms with Crippen LogP contribution in [0.2, 0.25) is 0 Å². The highest BCUT2D eigenvalue weighted by molar-refractivity contribution is 8.01. The Labute approximate surface area is 175 Å². The largest absolute Gasteiger partial charge is 0.497 e. The van der Waals surface area contributed by atoms with Crippen molar-refractivity contribution in [2.24, 2.45) is 0 Å². The van der Waals surface area contributed by atoms with Gasteiger partial charge in [0.1, 0.15) is 5.75 Å². The Kier molecular flexibility index (Phi) is 6.35. The van der Waals surface area contributed by atoms with E-state index in [9.17, 15) is 18.5 Å². The van der Waals surface area contributed by atoms with Crippen LogP contribution < -0.4 is 10.1 Å². The first-order valence-electron chi connectivity index (χ1n) is 8.13. The molecule has 0 saturated carbocycles. The lowest BCUT2D eigenvalue weighted by Gasteiger charge is -2.04. The van der Waals surface area contributed by atoms with E-state index >= 15 is 0 Å². The number of methoxy groups -OCH3 is 1. The summed E-state index contributed by atoms with van der Waals surface area (Å²) < 4.78 is 28.9. The average Bonchev–Trinajstić information content (AvgIpc) is 3.13. The number of hydrogen-bond acceptors (Lipinski definition) is 10. The van der Waals surface area contributed by atoms with Gasteiger partial charge in [0.2, 0.25) is 5.13 Å². The fraction of sp³-hybridized carbons (Fsp3) is 0.176. The second kappa shape index (κ2) is 8.76. The van der Waals surface area contributed by atoms with Gasteiger partial charge in [0.15, 0.2) is 14.2 Å². The number of nitrogens with zero attached hydrogens (tertiary/aromatic N) is 3. The number of benzene rings is 2. The van der Waals surface area contributed by atoms with Crippen molar-refractivity contribution in [1.29, 1.82) is 0 Å². The summed E-state index contributed by atoms with van der Waals surface area (Å²) in [5, 5.41) is 23.1. The molecule has 1 aromatic heterocycles. The molecule has 0 bridgehead atoms. The Bertz CT molecular complexity index is 1130. The molecule has 1 N–H and O–H groups in total. The zero-order chi connectivity index (χ0) is 21.0. The summed E-state index contributed by atoms with van der Waals surface area (Å²) in [5.74, 6) is 0.770. The van der Waals surface area contributed by atoms with E-state index in [1.807, 2.05) is 24.3 Å². The molecular weight excluding hydrogens is 436 g/mol. The second-order valence-corrected chi connectivity index (χ2v) is 10.1. The molecule has 0 fully saturated rings. The van der Waals surface area contributed by atoms with Gasteiger partial charge in [0.25, 0.3) is 5.69 Å². The Hall–Kier alpha value is -2.70. The van der Waals surface area contributed by atoms with Crippen molar-refractivity contribution in [3.8, 4) is 5.75 Å². The van der Waals surface area contributed by atoms with Crippen molar-refractivity contribution in [3.05, 3.63) is 58.1 Å². The summed E-state index contributed by atoms with van der Waals surface area (Å²) in [6.07, 6.45) is 1.00. The van der Waals surface area contributed by atoms with Crippen LogP contribution in [0.15, 0.2) is 56.6 Å². The first-order chi connectivity index (χ1) is 13.8. The second-order valence-electron chi connectivity index (χ2n) is 5.84. The number of nitro groups is 1. The Morgan fingerprint density at radius 2 is 1.93 bits per heavy atom. The minimum atomic E-state index is -3.54. The Balaban J connectivity index is 1.71. The highest BCUT2D eigenvalue weighted by atomic mass is 32.2. The van der Waals surface area contributed by atoms with Crippen LogP contribution in [0.4, 0.5) is 10.8 Å². The van der Waals surface area contributed by atoms with Gasteiger partial charge in [-0.1, -0.05) is 23.5 Å². The zero-order valence-electron chi connectivity index (χ0n) is 15.4. The zero-order valence-corrected chi connectivity index (χ0v) is 17.8. The third-order valence-electron chi connectivity index (χ3n) is 3.76. The van der Waals surface area contributed by atoms with Crippen molar-refractivity contribution in [2.45, 2.75) is 20.7 Å². The maximum absolute atomic E-state index is 11.6. The third kappa shape index (κ3) is 5.43. The summed E-state index contributed by atoms with van der Waals surface area (Å²) in [7, 11) is -1.94. The molecule has 1 heterocycles. The molecule has 0 aliphatic heterocycles. The molecule has 0 unspecified atom stereocenters. The first kappa shape index (κ1) is 21.0. The number of sulfone groups is 1. The molecule has 0 aliphatic rings. The lowest BCUT2D eigenvalue weighted by Crippen LogP contribution is -1.99. The molecule has 2 aromatic carbocycles. The molecular formula is C17H16N4O5S3. The molecule has 3 aromatic rings. The SMILES string of the molecule is COc1ccc(CNc2nnc(Sc3ccc(S(C)(=O)=O)cc3[N+](=O)[O-])s2)cc1. The van der Waals surface area contributed by atoms with Crippen LogP contribution in [0.25, 0.3) is 0 Å². The molecule has 152 valence electrons. The molecule has 0 aliphatic carbocycles. The van der Waals surface area contributed by atoms with E-state index in [4.69, 9.17) is 4.74 Å². The molecule has 0 atom stereocenters. The van der Waals surface area contributed by atoms with Gasteiger partial charge in [-0.05, 0) is 41.6 Å². The lowest BCUT2D eigenvalue weighted by molar-refractivity contribution is -0.388. The number of anilines is 1. The smallest absolute Gasteiger partial charge is 0.284 e. The highest BCUT2D eigenvalue weighted by Gasteiger charge is 2.20. The number of nitro benzene ring substituents is 1. The standard InChI is InChI=1S/C17H16N4O5S3/c1-26-12-5-3-11(4-6-12)10-18-16-19-20-17(28-16)27-15-8-7-13(29(2,24)25)9-14(15)21(22)23/h3-9H,10H2,1-2H3,(H,18,19). The van der Waals surface area contributed by atoms with E-state index in [2.05, 4.69) is 15.5 Å². The normalized spacial score (nSPS) is 11.2. The van der Waals surface area contributed by atoms with Gasteiger partial charge in [-0.3, -0.25) is 10.1 Å². The molecule has 0 spiro atoms. The van der Waals surface area contributed by atoms with Crippen LogP contribution in [0.5, 0.6) is 5.75 Å². The average molecular weight is 453 g/mol. The van der Waals surface area contributed by atoms with E-state index < -0.39 is 14.8 Å². The van der Waals surface area contributed by atoms with Gasteiger partial charge in [0, 0.05) is 18.9 Å². The molecule has 9 nitrogen and oxygen atoms in total. The van der Waals surface area contributed by atoms with Crippen LogP contribution >= 0.6 is 23.1 Å². The lowest BCUT2D eigenvalue weighted by atomic mass is 10.2. The predicted octanol–water partition coefficient (Wildman–Crippen LogP) is 3.62. The van der Waals surface area contributed by atoms with Gasteiger partial charge in [-0.2, -0.15) is 0 Å². The molecule has 0 saturated heterocycles. The summed E-state index contributed by atoms with van der Waals surface area (Å²) >= 11 is 2.31. The van der Waals surface area contributed by atoms with Crippen LogP contribution in [0.1, 0.15) is 5.56 Å². The minimum absolute atomic E-state index is 0.104. The van der Waals surface area contributed by atoms with Crippen molar-refractivity contribution in [1.82, 2.24) is 10.2 Å². The van der Waals surface area contributed by atoms with Crippen molar-refractivity contribution in [2.75, 3.05) is 18.7 Å². The number of ether oxygens (including phenoxy) is 1. The van der Waals surface area contributed by atoms with Crippen LogP contribution in [-0.4, -0.2) is 36.9 Å². The van der Waals surface area contributed by atoms with E-state index in [0.717, 1.165) is 35.4 Å². The van der Waals surface area contributed by atoms with Crippen molar-refractivity contribution < 1.29 is 18.1 Å². The maximum Gasteiger partial charge on any atom is 0.284 e. The van der Waals surface area contributed by atoms with Crippen LogP contribution in [0, 0.1) is 10.1 Å². The Morgan fingerprint density at radius 3 is 2.55 bits per heavy atom. The molecule has 29 heavy (non-hydrogen) atoms. The quantitative estimate of drug-likeness (QED) is 0.403. The number of aromatic nitrogens is 2. The fourth-order valence-corrected chi connectivity index (χ4v) is 4.73. The van der Waals surface area contributed by atoms with Gasteiger partial charge in [0.05, 0.1) is 21.8 Å². The number of hydrogen-bond donors (Lipinski definition) is 1.